The second-order valence-corrected chi connectivity index (χ2v) is 6.08. The van der Waals surface area contributed by atoms with Gasteiger partial charge in [-0.3, -0.25) is 9.80 Å². The standard InChI is InChI=1S/C15H19FN4O3S/c1-18(15(22)24)13-9-20(14(21)23-13)10-2-3-12(11(16)8-10)19-6-4-17-5-7-19/h2-3,8,13,17H,4-7,9H2,1H3,(H,22,24). The molecule has 2 aliphatic heterocycles. The number of cyclic esters (lactones) is 1. The summed E-state index contributed by atoms with van der Waals surface area (Å²) in [6.45, 7) is 3.26. The molecule has 3 rings (SSSR count). The topological polar surface area (TPSA) is 68.3 Å². The molecule has 0 saturated carbocycles. The van der Waals surface area contributed by atoms with Gasteiger partial charge in [0.1, 0.15) is 5.82 Å². The van der Waals surface area contributed by atoms with E-state index < -0.39 is 12.3 Å². The Morgan fingerprint density at radius 2 is 2.17 bits per heavy atom. The number of nitrogens with zero attached hydrogens (tertiary/aromatic N) is 3. The molecule has 1 unspecified atom stereocenters. The Morgan fingerprint density at radius 1 is 1.46 bits per heavy atom. The average molecular weight is 354 g/mol. The fourth-order valence-electron chi connectivity index (χ4n) is 2.81. The number of amides is 1. The Hall–Kier alpha value is -2.13. The van der Waals surface area contributed by atoms with E-state index >= 15 is 0 Å². The van der Waals surface area contributed by atoms with Gasteiger partial charge in [-0.2, -0.15) is 0 Å². The number of hydrogen-bond donors (Lipinski definition) is 2. The fourth-order valence-corrected chi connectivity index (χ4v) is 2.93. The van der Waals surface area contributed by atoms with E-state index in [1.807, 2.05) is 4.90 Å². The predicted molar refractivity (Wildman–Crippen MR) is 92.1 cm³/mol. The molecule has 0 aliphatic carbocycles. The zero-order valence-corrected chi connectivity index (χ0v) is 14.1. The molecule has 2 aliphatic rings. The number of likely N-dealkylation sites (N-methyl/N-ethyl adjacent to an activating group) is 1. The summed E-state index contributed by atoms with van der Waals surface area (Å²) in [5, 5.41) is 12.2. The molecule has 0 bridgehead atoms. The Labute approximate surface area is 144 Å². The van der Waals surface area contributed by atoms with Gasteiger partial charge in [0.15, 0.2) is 6.23 Å². The van der Waals surface area contributed by atoms with Crippen molar-refractivity contribution in [3.8, 4) is 0 Å². The molecule has 1 atom stereocenters. The van der Waals surface area contributed by atoms with E-state index in [2.05, 4.69) is 17.5 Å². The van der Waals surface area contributed by atoms with Gasteiger partial charge in [0.25, 0.3) is 5.17 Å². The second kappa shape index (κ2) is 6.78. The minimum atomic E-state index is -0.703. The number of nitrogens with one attached hydrogen (secondary N) is 1. The first-order valence-corrected chi connectivity index (χ1v) is 8.07. The van der Waals surface area contributed by atoms with Crippen molar-refractivity contribution in [2.75, 3.05) is 49.6 Å². The molecule has 130 valence electrons. The van der Waals surface area contributed by atoms with Crippen LogP contribution >= 0.6 is 12.2 Å². The van der Waals surface area contributed by atoms with Crippen molar-refractivity contribution < 1.29 is 19.0 Å². The highest BCUT2D eigenvalue weighted by Crippen LogP contribution is 2.28. The third-order valence-electron chi connectivity index (χ3n) is 4.23. The zero-order chi connectivity index (χ0) is 17.3. The second-order valence-electron chi connectivity index (χ2n) is 5.72. The molecule has 2 saturated heterocycles. The monoisotopic (exact) mass is 354 g/mol. The number of carbonyl (C=O) groups excluding carboxylic acids is 1. The van der Waals surface area contributed by atoms with Crippen LogP contribution in [0.25, 0.3) is 0 Å². The van der Waals surface area contributed by atoms with Gasteiger partial charge in [-0.25, -0.2) is 9.18 Å². The summed E-state index contributed by atoms with van der Waals surface area (Å²) in [5.74, 6) is -0.378. The summed E-state index contributed by atoms with van der Waals surface area (Å²) in [7, 11) is 1.53. The number of benzene rings is 1. The van der Waals surface area contributed by atoms with Crippen LogP contribution < -0.4 is 15.1 Å². The lowest BCUT2D eigenvalue weighted by Gasteiger charge is -2.30. The lowest BCUT2D eigenvalue weighted by atomic mass is 10.2. The van der Waals surface area contributed by atoms with Crippen LogP contribution in [-0.4, -0.2) is 67.3 Å². The lowest BCUT2D eigenvalue weighted by Crippen LogP contribution is -2.43. The predicted octanol–water partition coefficient (Wildman–Crippen LogP) is 1.29. The molecular formula is C15H19FN4O3S. The van der Waals surface area contributed by atoms with Crippen molar-refractivity contribution in [1.82, 2.24) is 10.2 Å². The largest absolute Gasteiger partial charge is 0.486 e. The quantitative estimate of drug-likeness (QED) is 0.793. The van der Waals surface area contributed by atoms with Gasteiger partial charge in [0.2, 0.25) is 0 Å². The van der Waals surface area contributed by atoms with E-state index in [4.69, 9.17) is 4.74 Å². The van der Waals surface area contributed by atoms with Gasteiger partial charge < -0.3 is 20.1 Å². The summed E-state index contributed by atoms with van der Waals surface area (Å²) < 4.78 is 19.6. The molecule has 0 spiro atoms. The number of aliphatic hydroxyl groups excluding tert-OH is 1. The lowest BCUT2D eigenvalue weighted by molar-refractivity contribution is 0.0709. The van der Waals surface area contributed by atoms with Crippen LogP contribution in [0.5, 0.6) is 0 Å². The minimum Gasteiger partial charge on any atom is -0.486 e. The van der Waals surface area contributed by atoms with Gasteiger partial charge in [-0.1, -0.05) is 0 Å². The third kappa shape index (κ3) is 3.22. The number of aliphatic hydroxyl groups is 1. The number of rotatable bonds is 3. The Bertz CT molecular complexity index is 654. The van der Waals surface area contributed by atoms with Crippen LogP contribution in [0.2, 0.25) is 0 Å². The van der Waals surface area contributed by atoms with Crippen molar-refractivity contribution in [2.24, 2.45) is 0 Å². The summed E-state index contributed by atoms with van der Waals surface area (Å²) in [6, 6.07) is 4.70. The van der Waals surface area contributed by atoms with Gasteiger partial charge >= 0.3 is 6.09 Å². The van der Waals surface area contributed by atoms with Crippen LogP contribution in [0.3, 0.4) is 0 Å². The Kier molecular flexibility index (Phi) is 4.72. The van der Waals surface area contributed by atoms with Crippen LogP contribution in [0.4, 0.5) is 20.6 Å². The molecule has 0 radical (unpaired) electrons. The van der Waals surface area contributed by atoms with Crippen LogP contribution in [0.1, 0.15) is 0 Å². The van der Waals surface area contributed by atoms with E-state index in [-0.39, 0.29) is 17.5 Å². The first-order valence-electron chi connectivity index (χ1n) is 7.66. The summed E-state index contributed by atoms with van der Waals surface area (Å²) in [4.78, 5) is 16.6. The molecule has 1 amide bonds. The van der Waals surface area contributed by atoms with E-state index in [9.17, 15) is 14.3 Å². The van der Waals surface area contributed by atoms with Crippen molar-refractivity contribution in [3.63, 3.8) is 0 Å². The molecule has 1 aromatic rings. The maximum absolute atomic E-state index is 14.5. The first-order chi connectivity index (χ1) is 11.5. The van der Waals surface area contributed by atoms with E-state index in [1.165, 1.54) is 22.9 Å². The number of anilines is 2. The highest BCUT2D eigenvalue weighted by atomic mass is 32.1. The maximum atomic E-state index is 14.5. The van der Waals surface area contributed by atoms with Gasteiger partial charge in [-0.15, -0.1) is 0 Å². The third-order valence-corrected chi connectivity index (χ3v) is 4.52. The molecule has 7 nitrogen and oxygen atoms in total. The van der Waals surface area contributed by atoms with Gasteiger partial charge in [0.05, 0.1) is 17.9 Å². The molecule has 9 heteroatoms. The SMILES string of the molecule is CN(C(O)=S)C1CN(c2ccc(N3CCNCC3)c(F)c2)C(=O)O1. The number of hydrogen-bond acceptors (Lipinski definition) is 5. The Balaban J connectivity index is 1.76. The smallest absolute Gasteiger partial charge is 0.416 e. The summed E-state index contributed by atoms with van der Waals surface area (Å²) in [6.07, 6.45) is -1.30. The van der Waals surface area contributed by atoms with E-state index in [0.717, 1.165) is 26.2 Å². The molecule has 2 fully saturated rings. The number of halogens is 1. The van der Waals surface area contributed by atoms with Gasteiger partial charge in [-0.05, 0) is 30.4 Å². The molecule has 24 heavy (non-hydrogen) atoms. The number of carbonyl (C=O) groups is 1. The van der Waals surface area contributed by atoms with Crippen molar-refractivity contribution in [3.05, 3.63) is 24.0 Å². The van der Waals surface area contributed by atoms with Crippen molar-refractivity contribution in [1.29, 1.82) is 0 Å². The highest BCUT2D eigenvalue weighted by Gasteiger charge is 2.36. The van der Waals surface area contributed by atoms with Gasteiger partial charge in [0, 0.05) is 33.2 Å². The van der Waals surface area contributed by atoms with E-state index in [1.54, 1.807) is 12.1 Å². The normalized spacial score (nSPS) is 20.9. The summed E-state index contributed by atoms with van der Waals surface area (Å²) in [5.41, 5.74) is 0.939. The first kappa shape index (κ1) is 16.7. The van der Waals surface area contributed by atoms with Crippen LogP contribution in [0, 0.1) is 5.82 Å². The Morgan fingerprint density at radius 3 is 2.79 bits per heavy atom. The van der Waals surface area contributed by atoms with Crippen LogP contribution in [0.15, 0.2) is 18.2 Å². The van der Waals surface area contributed by atoms with Crippen molar-refractivity contribution in [2.45, 2.75) is 6.23 Å². The molecular weight excluding hydrogens is 335 g/mol. The molecule has 0 aromatic heterocycles. The van der Waals surface area contributed by atoms with Crippen LogP contribution in [-0.2, 0) is 4.74 Å². The highest BCUT2D eigenvalue weighted by molar-refractivity contribution is 7.79. The molecule has 1 aromatic carbocycles. The zero-order valence-electron chi connectivity index (χ0n) is 13.2. The van der Waals surface area contributed by atoms with E-state index in [0.29, 0.717) is 11.4 Å². The summed E-state index contributed by atoms with van der Waals surface area (Å²) >= 11 is 4.66. The van der Waals surface area contributed by atoms with Crippen molar-refractivity contribution >= 4 is 34.9 Å². The number of piperazine rings is 1. The minimum absolute atomic E-state index is 0.155. The number of thiocarbonyl (C=S) groups is 1. The molecule has 2 N–H and O–H groups in total. The average Bonchev–Trinajstić information content (AvgIpc) is 2.96. The fraction of sp³-hybridized carbons (Fsp3) is 0.467. The number of ether oxygens (including phenoxy) is 1. The maximum Gasteiger partial charge on any atom is 0.416 e. The molecule has 2 heterocycles.